The fraction of sp³-hybridized carbons (Fsp3) is 0.333. The Labute approximate surface area is 94.4 Å². The van der Waals surface area contributed by atoms with Crippen LogP contribution in [0.4, 0.5) is 0 Å². The second-order valence-electron chi connectivity index (χ2n) is 3.99. The molecule has 2 heterocycles. The zero-order valence-corrected chi connectivity index (χ0v) is 9.44. The van der Waals surface area contributed by atoms with E-state index in [0.717, 1.165) is 22.6 Å². The molecule has 4 heteroatoms. The summed E-state index contributed by atoms with van der Waals surface area (Å²) in [5.74, 6) is 0.312. The van der Waals surface area contributed by atoms with E-state index >= 15 is 0 Å². The van der Waals surface area contributed by atoms with Crippen LogP contribution in [0.25, 0.3) is 11.4 Å². The number of hydrogen-bond donors (Lipinski definition) is 2. The van der Waals surface area contributed by atoms with Gasteiger partial charge in [0.1, 0.15) is 5.69 Å². The third-order valence-electron chi connectivity index (χ3n) is 2.54. The Hall–Kier alpha value is -1.68. The van der Waals surface area contributed by atoms with E-state index in [-0.39, 0.29) is 6.61 Å². The summed E-state index contributed by atoms with van der Waals surface area (Å²) in [6, 6.07) is 5.66. The van der Waals surface area contributed by atoms with E-state index in [1.54, 1.807) is 6.20 Å². The van der Waals surface area contributed by atoms with E-state index in [1.165, 1.54) is 0 Å². The van der Waals surface area contributed by atoms with Crippen LogP contribution in [0.1, 0.15) is 31.0 Å². The van der Waals surface area contributed by atoms with Crippen molar-refractivity contribution in [3.8, 4) is 11.4 Å². The number of aliphatic hydroxyl groups excluding tert-OH is 1. The number of nitrogens with one attached hydrogen (secondary N) is 1. The van der Waals surface area contributed by atoms with Gasteiger partial charge in [0, 0.05) is 17.5 Å². The molecule has 2 aromatic rings. The van der Waals surface area contributed by atoms with Crippen molar-refractivity contribution < 1.29 is 5.11 Å². The molecule has 0 amide bonds. The van der Waals surface area contributed by atoms with Gasteiger partial charge in [-0.25, -0.2) is 0 Å². The summed E-state index contributed by atoms with van der Waals surface area (Å²) < 4.78 is 0. The number of H-pyrrole nitrogens is 1. The lowest BCUT2D eigenvalue weighted by molar-refractivity contribution is 0.280. The largest absolute Gasteiger partial charge is 0.392 e. The highest BCUT2D eigenvalue weighted by molar-refractivity contribution is 5.59. The molecular weight excluding hydrogens is 202 g/mol. The number of nitrogens with zero attached hydrogens (tertiary/aromatic N) is 2. The van der Waals surface area contributed by atoms with Gasteiger partial charge in [-0.15, -0.1) is 0 Å². The molecule has 2 N–H and O–H groups in total. The molecule has 0 fully saturated rings. The Morgan fingerprint density at radius 3 is 2.75 bits per heavy atom. The minimum absolute atomic E-state index is 0.0179. The molecule has 0 aromatic carbocycles. The second kappa shape index (κ2) is 4.45. The smallest absolute Gasteiger partial charge is 0.116 e. The normalized spacial score (nSPS) is 11.0. The van der Waals surface area contributed by atoms with Gasteiger partial charge < -0.3 is 5.11 Å². The first-order valence-electron chi connectivity index (χ1n) is 5.33. The molecule has 0 radical (unpaired) electrons. The van der Waals surface area contributed by atoms with Crippen LogP contribution in [0, 0.1) is 0 Å². The van der Waals surface area contributed by atoms with Crippen molar-refractivity contribution in [1.29, 1.82) is 0 Å². The van der Waals surface area contributed by atoms with Crippen LogP contribution in [0.5, 0.6) is 0 Å². The third-order valence-corrected chi connectivity index (χ3v) is 2.54. The third kappa shape index (κ3) is 1.84. The lowest BCUT2D eigenvalue weighted by Crippen LogP contribution is -1.95. The van der Waals surface area contributed by atoms with Crippen LogP contribution in [0.15, 0.2) is 24.4 Å². The van der Waals surface area contributed by atoms with E-state index in [4.69, 9.17) is 0 Å². The maximum Gasteiger partial charge on any atom is 0.116 e. The summed E-state index contributed by atoms with van der Waals surface area (Å²) in [5, 5.41) is 16.6. The standard InChI is InChI=1S/C12H15N3O/c1-8(2)11-9(7-16)12(15-14-11)10-5-3-4-6-13-10/h3-6,8,16H,7H2,1-2H3,(H,14,15). The Balaban J connectivity index is 2.50. The second-order valence-corrected chi connectivity index (χ2v) is 3.99. The van der Waals surface area contributed by atoms with Crippen molar-refractivity contribution in [1.82, 2.24) is 15.2 Å². The lowest BCUT2D eigenvalue weighted by atomic mass is 10.0. The molecule has 0 saturated heterocycles. The number of pyridine rings is 1. The van der Waals surface area contributed by atoms with Crippen LogP contribution in [-0.2, 0) is 6.61 Å². The van der Waals surface area contributed by atoms with Crippen LogP contribution in [-0.4, -0.2) is 20.3 Å². The van der Waals surface area contributed by atoms with Gasteiger partial charge in [-0.05, 0) is 18.1 Å². The summed E-state index contributed by atoms with van der Waals surface area (Å²) in [6.07, 6.45) is 1.72. The van der Waals surface area contributed by atoms with Crippen molar-refractivity contribution in [3.05, 3.63) is 35.7 Å². The number of aliphatic hydroxyl groups is 1. The molecule has 2 aromatic heterocycles. The predicted molar refractivity (Wildman–Crippen MR) is 61.8 cm³/mol. The summed E-state index contributed by atoms with van der Waals surface area (Å²) >= 11 is 0. The first-order chi connectivity index (χ1) is 7.74. The number of rotatable bonds is 3. The molecule has 0 unspecified atom stereocenters. The molecule has 0 aliphatic heterocycles. The van der Waals surface area contributed by atoms with E-state index in [2.05, 4.69) is 29.0 Å². The Kier molecular flexibility index (Phi) is 3.01. The maximum atomic E-state index is 9.41. The molecule has 0 aliphatic rings. The van der Waals surface area contributed by atoms with Gasteiger partial charge in [-0.2, -0.15) is 5.10 Å². The van der Waals surface area contributed by atoms with Crippen molar-refractivity contribution >= 4 is 0 Å². The lowest BCUT2D eigenvalue weighted by Gasteiger charge is -2.04. The molecule has 16 heavy (non-hydrogen) atoms. The fourth-order valence-corrected chi connectivity index (χ4v) is 1.73. The van der Waals surface area contributed by atoms with Gasteiger partial charge in [0.15, 0.2) is 0 Å². The van der Waals surface area contributed by atoms with Gasteiger partial charge in [0.25, 0.3) is 0 Å². The molecule has 0 spiro atoms. The molecular formula is C12H15N3O. The highest BCUT2D eigenvalue weighted by atomic mass is 16.3. The number of hydrogen-bond acceptors (Lipinski definition) is 3. The van der Waals surface area contributed by atoms with Crippen LogP contribution < -0.4 is 0 Å². The molecule has 84 valence electrons. The molecule has 2 rings (SSSR count). The highest BCUT2D eigenvalue weighted by Crippen LogP contribution is 2.26. The highest BCUT2D eigenvalue weighted by Gasteiger charge is 2.16. The zero-order valence-electron chi connectivity index (χ0n) is 9.44. The van der Waals surface area contributed by atoms with Crippen LogP contribution in [0.3, 0.4) is 0 Å². The fourth-order valence-electron chi connectivity index (χ4n) is 1.73. The average Bonchev–Trinajstić information content (AvgIpc) is 2.73. The number of aromatic amines is 1. The van der Waals surface area contributed by atoms with Gasteiger partial charge in [0.05, 0.1) is 12.3 Å². The monoisotopic (exact) mass is 217 g/mol. The quantitative estimate of drug-likeness (QED) is 0.827. The minimum atomic E-state index is -0.0179. The van der Waals surface area contributed by atoms with Crippen molar-refractivity contribution in [2.75, 3.05) is 0 Å². The molecule has 0 saturated carbocycles. The zero-order chi connectivity index (χ0) is 11.5. The molecule has 0 bridgehead atoms. The van der Waals surface area contributed by atoms with Crippen LogP contribution >= 0.6 is 0 Å². The van der Waals surface area contributed by atoms with E-state index in [9.17, 15) is 5.11 Å². The SMILES string of the molecule is CC(C)c1[nH]nc(-c2ccccn2)c1CO. The van der Waals surface area contributed by atoms with Gasteiger partial charge in [-0.3, -0.25) is 10.1 Å². The molecule has 0 atom stereocenters. The Morgan fingerprint density at radius 2 is 2.19 bits per heavy atom. The predicted octanol–water partition coefficient (Wildman–Crippen LogP) is 2.09. The Bertz CT molecular complexity index is 462. The Morgan fingerprint density at radius 1 is 1.38 bits per heavy atom. The number of aromatic nitrogens is 3. The molecule has 4 nitrogen and oxygen atoms in total. The van der Waals surface area contributed by atoms with Crippen molar-refractivity contribution in [3.63, 3.8) is 0 Å². The maximum absolute atomic E-state index is 9.41. The van der Waals surface area contributed by atoms with E-state index in [0.29, 0.717) is 5.92 Å². The first-order valence-corrected chi connectivity index (χ1v) is 5.33. The van der Waals surface area contributed by atoms with E-state index < -0.39 is 0 Å². The first kappa shape index (κ1) is 10.8. The summed E-state index contributed by atoms with van der Waals surface area (Å²) in [6.45, 7) is 4.11. The van der Waals surface area contributed by atoms with Crippen molar-refractivity contribution in [2.24, 2.45) is 0 Å². The van der Waals surface area contributed by atoms with Crippen LogP contribution in [0.2, 0.25) is 0 Å². The van der Waals surface area contributed by atoms with Gasteiger partial charge in [0.2, 0.25) is 0 Å². The van der Waals surface area contributed by atoms with Gasteiger partial charge in [-0.1, -0.05) is 19.9 Å². The van der Waals surface area contributed by atoms with Crippen molar-refractivity contribution in [2.45, 2.75) is 26.4 Å². The summed E-state index contributed by atoms with van der Waals surface area (Å²) in [4.78, 5) is 4.24. The summed E-state index contributed by atoms with van der Waals surface area (Å²) in [7, 11) is 0. The summed E-state index contributed by atoms with van der Waals surface area (Å²) in [5.41, 5.74) is 3.35. The molecule has 0 aliphatic carbocycles. The minimum Gasteiger partial charge on any atom is -0.392 e. The van der Waals surface area contributed by atoms with Gasteiger partial charge >= 0.3 is 0 Å². The average molecular weight is 217 g/mol. The van der Waals surface area contributed by atoms with E-state index in [1.807, 2.05) is 18.2 Å². The topological polar surface area (TPSA) is 61.8 Å².